The standard InChI is InChI=1S/C7H8O.C4H11NO2S/c1-8-7-5-3-2-4-6-7;1-2-3-4-5-8(6)7/h2-6H,1H3;5H,2-4H2,1H3,(H,6,7)/p-1. The van der Waals surface area contributed by atoms with E-state index in [1.54, 1.807) is 7.11 Å². The van der Waals surface area contributed by atoms with Gasteiger partial charge in [0, 0.05) is 17.8 Å². The van der Waals surface area contributed by atoms with Crippen LogP contribution in [-0.2, 0) is 11.3 Å². The molecule has 1 atom stereocenters. The molecule has 0 amide bonds. The second-order valence-electron chi connectivity index (χ2n) is 3.00. The van der Waals surface area contributed by atoms with Crippen LogP contribution in [0.15, 0.2) is 30.3 Å². The maximum Gasteiger partial charge on any atom is 0.118 e. The van der Waals surface area contributed by atoms with Gasteiger partial charge in [-0.2, -0.15) is 0 Å². The molecule has 1 aromatic rings. The second-order valence-corrected chi connectivity index (χ2v) is 3.76. The van der Waals surface area contributed by atoms with Crippen molar-refractivity contribution in [3.05, 3.63) is 30.3 Å². The summed E-state index contributed by atoms with van der Waals surface area (Å²) >= 11 is -2.07. The third kappa shape index (κ3) is 9.64. The lowest BCUT2D eigenvalue weighted by Gasteiger charge is -2.04. The number of benzene rings is 1. The molecule has 0 heterocycles. The highest BCUT2D eigenvalue weighted by Gasteiger charge is 1.80. The largest absolute Gasteiger partial charge is 0.760 e. The summed E-state index contributed by atoms with van der Waals surface area (Å²) in [7, 11) is 1.66. The molecule has 0 bridgehead atoms. The average Bonchev–Trinajstić information content (AvgIpc) is 2.31. The van der Waals surface area contributed by atoms with Crippen LogP contribution in [0.1, 0.15) is 19.8 Å². The van der Waals surface area contributed by atoms with Gasteiger partial charge in [-0.15, -0.1) is 0 Å². The third-order valence-electron chi connectivity index (χ3n) is 1.73. The van der Waals surface area contributed by atoms with Crippen LogP contribution in [0.3, 0.4) is 0 Å². The molecule has 0 aliphatic heterocycles. The minimum Gasteiger partial charge on any atom is -0.760 e. The van der Waals surface area contributed by atoms with E-state index in [0.29, 0.717) is 6.54 Å². The van der Waals surface area contributed by atoms with Gasteiger partial charge in [0.2, 0.25) is 0 Å². The minimum absolute atomic E-state index is 0.562. The van der Waals surface area contributed by atoms with Gasteiger partial charge in [-0.3, -0.25) is 4.21 Å². The van der Waals surface area contributed by atoms with E-state index in [9.17, 15) is 8.76 Å². The first kappa shape index (κ1) is 15.1. The van der Waals surface area contributed by atoms with Crippen LogP contribution in [0.5, 0.6) is 5.75 Å². The number of hydrogen-bond donors (Lipinski definition) is 1. The van der Waals surface area contributed by atoms with Crippen molar-refractivity contribution in [3.63, 3.8) is 0 Å². The predicted octanol–water partition coefficient (Wildman–Crippen LogP) is 1.87. The van der Waals surface area contributed by atoms with E-state index in [2.05, 4.69) is 4.72 Å². The molecule has 4 nitrogen and oxygen atoms in total. The maximum absolute atomic E-state index is 9.76. The first-order valence-corrected chi connectivity index (χ1v) is 6.20. The van der Waals surface area contributed by atoms with Crippen LogP contribution in [0.25, 0.3) is 0 Å². The van der Waals surface area contributed by atoms with E-state index in [1.807, 2.05) is 37.3 Å². The van der Waals surface area contributed by atoms with Gasteiger partial charge in [0.05, 0.1) is 7.11 Å². The number of ether oxygens (including phenoxy) is 1. The summed E-state index contributed by atoms with van der Waals surface area (Å²) < 4.78 is 26.7. The Morgan fingerprint density at radius 1 is 1.38 bits per heavy atom. The van der Waals surface area contributed by atoms with Crippen molar-refractivity contribution >= 4 is 11.3 Å². The molecule has 0 saturated heterocycles. The smallest absolute Gasteiger partial charge is 0.118 e. The average molecular weight is 244 g/mol. The molecule has 0 aliphatic carbocycles. The van der Waals surface area contributed by atoms with Gasteiger partial charge in [0.1, 0.15) is 5.75 Å². The number of unbranched alkanes of at least 4 members (excludes halogenated alkanes) is 1. The monoisotopic (exact) mass is 244 g/mol. The van der Waals surface area contributed by atoms with Crippen molar-refractivity contribution in [2.75, 3.05) is 13.7 Å². The van der Waals surface area contributed by atoms with Crippen molar-refractivity contribution in [1.29, 1.82) is 0 Å². The zero-order valence-electron chi connectivity index (χ0n) is 9.64. The minimum atomic E-state index is -2.07. The summed E-state index contributed by atoms with van der Waals surface area (Å²) in [6.45, 7) is 2.57. The van der Waals surface area contributed by atoms with Gasteiger partial charge >= 0.3 is 0 Å². The Balaban J connectivity index is 0.000000281. The van der Waals surface area contributed by atoms with Gasteiger partial charge in [-0.25, -0.2) is 4.72 Å². The Labute approximate surface area is 99.4 Å². The van der Waals surface area contributed by atoms with Crippen molar-refractivity contribution in [3.8, 4) is 5.75 Å². The molecule has 92 valence electrons. The van der Waals surface area contributed by atoms with Crippen LogP contribution in [0, 0.1) is 0 Å². The van der Waals surface area contributed by atoms with Crippen LogP contribution >= 0.6 is 0 Å². The Bertz CT molecular complexity index is 280. The van der Waals surface area contributed by atoms with Crippen molar-refractivity contribution < 1.29 is 13.5 Å². The summed E-state index contributed by atoms with van der Waals surface area (Å²) in [5.41, 5.74) is 0. The molecular weight excluding hydrogens is 226 g/mol. The van der Waals surface area contributed by atoms with E-state index in [-0.39, 0.29) is 0 Å². The zero-order valence-corrected chi connectivity index (χ0v) is 10.5. The summed E-state index contributed by atoms with van der Waals surface area (Å²) in [4.78, 5) is 0. The van der Waals surface area contributed by atoms with Crippen LogP contribution in [0.2, 0.25) is 0 Å². The van der Waals surface area contributed by atoms with Crippen molar-refractivity contribution in [1.82, 2.24) is 4.72 Å². The normalized spacial score (nSPS) is 11.2. The van der Waals surface area contributed by atoms with Crippen molar-refractivity contribution in [2.45, 2.75) is 19.8 Å². The summed E-state index contributed by atoms with van der Waals surface area (Å²) in [6.07, 6.45) is 1.93. The molecule has 0 saturated carbocycles. The first-order valence-electron chi connectivity index (χ1n) is 5.12. The number of nitrogens with one attached hydrogen (secondary N) is 1. The first-order chi connectivity index (χ1) is 7.70. The fraction of sp³-hybridized carbons (Fsp3) is 0.455. The van der Waals surface area contributed by atoms with E-state index < -0.39 is 11.3 Å². The Morgan fingerprint density at radius 3 is 2.38 bits per heavy atom. The molecule has 5 heteroatoms. The molecule has 16 heavy (non-hydrogen) atoms. The molecule has 0 fully saturated rings. The van der Waals surface area contributed by atoms with Gasteiger partial charge in [0.25, 0.3) is 0 Å². The van der Waals surface area contributed by atoms with Crippen LogP contribution in [-0.4, -0.2) is 22.4 Å². The van der Waals surface area contributed by atoms with Crippen LogP contribution < -0.4 is 9.46 Å². The lowest BCUT2D eigenvalue weighted by Crippen LogP contribution is -2.17. The van der Waals surface area contributed by atoms with E-state index in [4.69, 9.17) is 4.74 Å². The molecule has 0 spiro atoms. The maximum atomic E-state index is 9.76. The Morgan fingerprint density at radius 2 is 2.00 bits per heavy atom. The van der Waals surface area contributed by atoms with E-state index in [1.165, 1.54) is 0 Å². The van der Waals surface area contributed by atoms with Gasteiger partial charge in [-0.1, -0.05) is 31.5 Å². The number of para-hydroxylation sites is 1. The molecule has 0 aliphatic rings. The van der Waals surface area contributed by atoms with Crippen LogP contribution in [0.4, 0.5) is 0 Å². The molecule has 1 N–H and O–H groups in total. The fourth-order valence-electron chi connectivity index (χ4n) is 0.889. The Kier molecular flexibility index (Phi) is 10.00. The highest BCUT2D eigenvalue weighted by atomic mass is 32.2. The fourth-order valence-corrected chi connectivity index (χ4v) is 1.20. The molecule has 0 aromatic heterocycles. The summed E-state index contributed by atoms with van der Waals surface area (Å²) in [5.74, 6) is 0.910. The van der Waals surface area contributed by atoms with E-state index in [0.717, 1.165) is 18.6 Å². The van der Waals surface area contributed by atoms with Gasteiger partial charge in [-0.05, 0) is 18.6 Å². The lowest BCUT2D eigenvalue weighted by molar-refractivity contribution is 0.415. The topological polar surface area (TPSA) is 61.4 Å². The highest BCUT2D eigenvalue weighted by molar-refractivity contribution is 7.77. The summed E-state index contributed by atoms with van der Waals surface area (Å²) in [6, 6.07) is 9.68. The van der Waals surface area contributed by atoms with Crippen molar-refractivity contribution in [2.24, 2.45) is 0 Å². The number of methoxy groups -OCH3 is 1. The third-order valence-corrected chi connectivity index (χ3v) is 2.17. The predicted molar refractivity (Wildman–Crippen MR) is 64.8 cm³/mol. The summed E-state index contributed by atoms with van der Waals surface area (Å²) in [5, 5.41) is 0. The van der Waals surface area contributed by atoms with Gasteiger partial charge in [0.15, 0.2) is 0 Å². The molecular formula is C11H18NO3S-. The Hall–Kier alpha value is -0.910. The van der Waals surface area contributed by atoms with Gasteiger partial charge < -0.3 is 9.29 Å². The molecule has 1 rings (SSSR count). The zero-order chi connectivity index (χ0) is 12.2. The molecule has 1 unspecified atom stereocenters. The SMILES string of the molecule is CCCCNS(=O)[O-].COc1ccccc1. The molecule has 0 radical (unpaired) electrons. The lowest BCUT2D eigenvalue weighted by atomic mass is 10.3. The second kappa shape index (κ2) is 10.6. The highest BCUT2D eigenvalue weighted by Crippen LogP contribution is 2.05. The van der Waals surface area contributed by atoms with E-state index >= 15 is 0 Å². The number of rotatable bonds is 5. The molecule has 1 aromatic carbocycles. The number of hydrogen-bond acceptors (Lipinski definition) is 3. The quantitative estimate of drug-likeness (QED) is 0.635.